The summed E-state index contributed by atoms with van der Waals surface area (Å²) in [6.45, 7) is 2.31. The van der Waals surface area contributed by atoms with Gasteiger partial charge in [0.1, 0.15) is 11.5 Å². The Bertz CT molecular complexity index is 549. The number of esters is 1. The SMILES string of the molecule is CCc1ncc(C(=O)OCc2ccc(SC)cc2)s1. The van der Waals surface area contributed by atoms with Gasteiger partial charge in [-0.25, -0.2) is 9.78 Å². The van der Waals surface area contributed by atoms with Crippen molar-refractivity contribution in [1.29, 1.82) is 0 Å². The number of aryl methyl sites for hydroxylation is 1. The number of aromatic nitrogens is 1. The first-order valence-corrected chi connectivity index (χ1v) is 8.01. The Morgan fingerprint density at radius 1 is 1.37 bits per heavy atom. The third-order valence-corrected chi connectivity index (χ3v) is 4.45. The van der Waals surface area contributed by atoms with Crippen molar-refractivity contribution in [2.45, 2.75) is 24.8 Å². The summed E-state index contributed by atoms with van der Waals surface area (Å²) in [5.41, 5.74) is 0.992. The van der Waals surface area contributed by atoms with Crippen LogP contribution in [-0.2, 0) is 17.8 Å². The lowest BCUT2D eigenvalue weighted by molar-refractivity contribution is 0.0478. The molecule has 0 atom stereocenters. The minimum absolute atomic E-state index is 0.298. The van der Waals surface area contributed by atoms with Crippen molar-refractivity contribution >= 4 is 29.1 Å². The van der Waals surface area contributed by atoms with Gasteiger partial charge < -0.3 is 4.74 Å². The minimum atomic E-state index is -0.300. The summed E-state index contributed by atoms with van der Waals surface area (Å²) in [7, 11) is 0. The Morgan fingerprint density at radius 2 is 2.11 bits per heavy atom. The van der Waals surface area contributed by atoms with Crippen molar-refractivity contribution in [3.8, 4) is 0 Å². The van der Waals surface area contributed by atoms with Gasteiger partial charge in [0.15, 0.2) is 0 Å². The molecule has 0 spiro atoms. The van der Waals surface area contributed by atoms with E-state index in [1.165, 1.54) is 16.2 Å². The predicted molar refractivity (Wildman–Crippen MR) is 78.8 cm³/mol. The second-order valence-corrected chi connectivity index (χ2v) is 5.89. The first-order chi connectivity index (χ1) is 9.22. The molecule has 5 heteroatoms. The molecule has 3 nitrogen and oxygen atoms in total. The third kappa shape index (κ3) is 3.81. The number of rotatable bonds is 5. The molecule has 0 saturated heterocycles. The zero-order valence-corrected chi connectivity index (χ0v) is 12.5. The van der Waals surface area contributed by atoms with E-state index < -0.39 is 0 Å². The number of ether oxygens (including phenoxy) is 1. The monoisotopic (exact) mass is 293 g/mol. The van der Waals surface area contributed by atoms with E-state index in [4.69, 9.17) is 4.74 Å². The zero-order chi connectivity index (χ0) is 13.7. The van der Waals surface area contributed by atoms with Crippen LogP contribution in [0.3, 0.4) is 0 Å². The van der Waals surface area contributed by atoms with E-state index in [1.807, 2.05) is 37.4 Å². The summed E-state index contributed by atoms with van der Waals surface area (Å²) in [4.78, 5) is 17.7. The van der Waals surface area contributed by atoms with Crippen molar-refractivity contribution in [2.75, 3.05) is 6.26 Å². The topological polar surface area (TPSA) is 39.2 Å². The van der Waals surface area contributed by atoms with Crippen LogP contribution in [0, 0.1) is 0 Å². The Balaban J connectivity index is 1.92. The first-order valence-electron chi connectivity index (χ1n) is 5.97. The molecule has 0 saturated carbocycles. The van der Waals surface area contributed by atoms with Crippen LogP contribution in [0.25, 0.3) is 0 Å². The molecule has 2 rings (SSSR count). The number of hydrogen-bond donors (Lipinski definition) is 0. The van der Waals surface area contributed by atoms with Gasteiger partial charge in [-0.15, -0.1) is 23.1 Å². The number of carbonyl (C=O) groups is 1. The molecule has 0 bridgehead atoms. The van der Waals surface area contributed by atoms with Gasteiger partial charge in [0.2, 0.25) is 0 Å². The average molecular weight is 293 g/mol. The maximum Gasteiger partial charge on any atom is 0.350 e. The van der Waals surface area contributed by atoms with Crippen LogP contribution in [0.4, 0.5) is 0 Å². The summed E-state index contributed by atoms with van der Waals surface area (Å²) < 4.78 is 5.27. The molecule has 0 amide bonds. The second kappa shape index (κ2) is 6.73. The quantitative estimate of drug-likeness (QED) is 0.621. The maximum absolute atomic E-state index is 11.8. The summed E-state index contributed by atoms with van der Waals surface area (Å²) in [6, 6.07) is 8.00. The van der Waals surface area contributed by atoms with Crippen LogP contribution in [0.1, 0.15) is 27.2 Å². The van der Waals surface area contributed by atoms with E-state index in [-0.39, 0.29) is 5.97 Å². The third-order valence-electron chi connectivity index (χ3n) is 2.59. The lowest BCUT2D eigenvalue weighted by Gasteiger charge is -2.04. The number of thioether (sulfide) groups is 1. The first kappa shape index (κ1) is 14.1. The molecule has 1 aromatic carbocycles. The standard InChI is InChI=1S/C14H15NO2S2/c1-3-13-15-8-12(19-13)14(16)17-9-10-4-6-11(18-2)7-5-10/h4-8H,3,9H2,1-2H3. The van der Waals surface area contributed by atoms with E-state index in [1.54, 1.807) is 18.0 Å². The van der Waals surface area contributed by atoms with Crippen LogP contribution >= 0.6 is 23.1 Å². The molecule has 19 heavy (non-hydrogen) atoms. The molecule has 1 heterocycles. The Kier molecular flexibility index (Phi) is 4.99. The van der Waals surface area contributed by atoms with Gasteiger partial charge in [0.05, 0.1) is 11.2 Å². The highest BCUT2D eigenvalue weighted by Gasteiger charge is 2.11. The number of nitrogens with zero attached hydrogens (tertiary/aromatic N) is 1. The highest BCUT2D eigenvalue weighted by molar-refractivity contribution is 7.98. The molecule has 0 unspecified atom stereocenters. The molecule has 0 N–H and O–H groups in total. The summed E-state index contributed by atoms with van der Waals surface area (Å²) in [5, 5.41) is 0.955. The van der Waals surface area contributed by atoms with Crippen molar-refractivity contribution in [3.63, 3.8) is 0 Å². The molecule has 0 aliphatic rings. The van der Waals surface area contributed by atoms with Crippen molar-refractivity contribution in [3.05, 3.63) is 45.9 Å². The highest BCUT2D eigenvalue weighted by Crippen LogP contribution is 2.17. The van der Waals surface area contributed by atoms with Crippen molar-refractivity contribution in [1.82, 2.24) is 4.98 Å². The molecular formula is C14H15NO2S2. The van der Waals surface area contributed by atoms with E-state index in [0.29, 0.717) is 11.5 Å². The molecule has 0 aliphatic carbocycles. The van der Waals surface area contributed by atoms with E-state index in [9.17, 15) is 4.79 Å². The van der Waals surface area contributed by atoms with Crippen LogP contribution in [-0.4, -0.2) is 17.2 Å². The summed E-state index contributed by atoms with van der Waals surface area (Å²) >= 11 is 3.08. The number of benzene rings is 1. The average Bonchev–Trinajstić information content (AvgIpc) is 2.94. The lowest BCUT2D eigenvalue weighted by Crippen LogP contribution is -2.03. The van der Waals surface area contributed by atoms with Crippen molar-refractivity contribution < 1.29 is 9.53 Å². The smallest absolute Gasteiger partial charge is 0.350 e. The Morgan fingerprint density at radius 3 is 2.68 bits per heavy atom. The van der Waals surface area contributed by atoms with Gasteiger partial charge in [-0.1, -0.05) is 19.1 Å². The lowest BCUT2D eigenvalue weighted by atomic mass is 10.2. The fraction of sp³-hybridized carbons (Fsp3) is 0.286. The van der Waals surface area contributed by atoms with Crippen LogP contribution in [0.2, 0.25) is 0 Å². The molecular weight excluding hydrogens is 278 g/mol. The van der Waals surface area contributed by atoms with Gasteiger partial charge in [0.25, 0.3) is 0 Å². The Hall–Kier alpha value is -1.33. The van der Waals surface area contributed by atoms with E-state index >= 15 is 0 Å². The van der Waals surface area contributed by atoms with Gasteiger partial charge in [0, 0.05) is 4.90 Å². The molecule has 0 radical (unpaired) electrons. The maximum atomic E-state index is 11.8. The number of hydrogen-bond acceptors (Lipinski definition) is 5. The summed E-state index contributed by atoms with van der Waals surface area (Å²) in [6.07, 6.45) is 4.46. The van der Waals surface area contributed by atoms with Gasteiger partial charge in [-0.05, 0) is 30.4 Å². The highest BCUT2D eigenvalue weighted by atomic mass is 32.2. The van der Waals surface area contributed by atoms with Gasteiger partial charge in [-0.2, -0.15) is 0 Å². The fourth-order valence-electron chi connectivity index (χ4n) is 1.51. The van der Waals surface area contributed by atoms with Crippen LogP contribution in [0.15, 0.2) is 35.4 Å². The van der Waals surface area contributed by atoms with Gasteiger partial charge >= 0.3 is 5.97 Å². The van der Waals surface area contributed by atoms with E-state index in [2.05, 4.69) is 4.98 Å². The largest absolute Gasteiger partial charge is 0.457 e. The van der Waals surface area contributed by atoms with Crippen LogP contribution < -0.4 is 0 Å². The molecule has 100 valence electrons. The van der Waals surface area contributed by atoms with Crippen molar-refractivity contribution in [2.24, 2.45) is 0 Å². The summed E-state index contributed by atoms with van der Waals surface area (Å²) in [5.74, 6) is -0.300. The molecule has 0 aliphatic heterocycles. The number of thiazole rings is 1. The minimum Gasteiger partial charge on any atom is -0.457 e. The molecule has 1 aromatic heterocycles. The normalized spacial score (nSPS) is 10.4. The van der Waals surface area contributed by atoms with E-state index in [0.717, 1.165) is 17.0 Å². The Labute approximate surface area is 121 Å². The van der Waals surface area contributed by atoms with Gasteiger partial charge in [-0.3, -0.25) is 0 Å². The fourth-order valence-corrected chi connectivity index (χ4v) is 2.67. The molecule has 0 fully saturated rings. The zero-order valence-electron chi connectivity index (χ0n) is 10.9. The second-order valence-electron chi connectivity index (χ2n) is 3.90. The van der Waals surface area contributed by atoms with Crippen LogP contribution in [0.5, 0.6) is 0 Å². The predicted octanol–water partition coefficient (Wildman–Crippen LogP) is 3.78. The molecule has 2 aromatic rings. The number of carbonyl (C=O) groups excluding carboxylic acids is 1.